The molecule has 2 aromatic rings. The lowest BCUT2D eigenvalue weighted by Crippen LogP contribution is -2.27. The molecule has 1 fully saturated rings. The van der Waals surface area contributed by atoms with Gasteiger partial charge in [-0.25, -0.2) is 14.3 Å². The van der Waals surface area contributed by atoms with E-state index in [-0.39, 0.29) is 17.0 Å². The van der Waals surface area contributed by atoms with Gasteiger partial charge in [0.2, 0.25) is 0 Å². The highest BCUT2D eigenvalue weighted by Crippen LogP contribution is 2.60. The van der Waals surface area contributed by atoms with E-state index in [0.29, 0.717) is 11.2 Å². The van der Waals surface area contributed by atoms with Gasteiger partial charge in [0.05, 0.1) is 26.9 Å². The molecule has 0 aromatic carbocycles. The summed E-state index contributed by atoms with van der Waals surface area (Å²) in [7, 11) is -17.9. The molecule has 3 rings (SSSR count). The number of aromatic nitrogens is 4. The maximum Gasteiger partial charge on any atom is 0.278 e. The number of nitrogen functional groups attached to an aromatic ring is 1. The maximum absolute atomic E-state index is 11.6. The fraction of sp³-hybridized carbons (Fsp3) is 0.500. The number of nitrogens with zero attached hydrogens (tertiary/aromatic N) is 3. The number of ether oxygens (including phenoxy) is 1. The van der Waals surface area contributed by atoms with E-state index in [1.807, 2.05) is 0 Å². The fourth-order valence-electron chi connectivity index (χ4n) is 2.66. The summed E-state index contributed by atoms with van der Waals surface area (Å²) in [5.41, 5.74) is 6.22. The Kier molecular flexibility index (Phi) is 6.87. The number of anilines is 1. The van der Waals surface area contributed by atoms with Crippen molar-refractivity contribution in [2.24, 2.45) is 0 Å². The lowest BCUT2D eigenvalue weighted by molar-refractivity contribution is -0.339. The Morgan fingerprint density at radius 3 is 2.61 bits per heavy atom. The second kappa shape index (κ2) is 8.68. The zero-order valence-electron chi connectivity index (χ0n) is 14.8. The van der Waals surface area contributed by atoms with Crippen molar-refractivity contribution in [1.29, 1.82) is 0 Å². The Hall–Kier alpha value is -1.10. The van der Waals surface area contributed by atoms with Gasteiger partial charge >= 0.3 is 0 Å². The Balaban J connectivity index is 1.67. The van der Waals surface area contributed by atoms with Crippen molar-refractivity contribution >= 4 is 52.8 Å². The molecule has 0 amide bonds. The van der Waals surface area contributed by atoms with Crippen molar-refractivity contribution in [2.45, 2.75) is 24.9 Å². The number of H-pyrrole nitrogens is 1. The highest BCUT2D eigenvalue weighted by atomic mass is 32.1. The van der Waals surface area contributed by atoms with Gasteiger partial charge in [0.1, 0.15) is 23.5 Å². The Labute approximate surface area is 177 Å². The van der Waals surface area contributed by atoms with Crippen LogP contribution < -0.4 is 25.3 Å². The molecular weight excluding hydrogens is 507 g/mol. The van der Waals surface area contributed by atoms with Crippen LogP contribution in [0.2, 0.25) is 0 Å². The first-order chi connectivity index (χ1) is 14.2. The molecule has 1 saturated heterocycles. The van der Waals surface area contributed by atoms with Crippen molar-refractivity contribution in [3.8, 4) is 0 Å². The third-order valence-electron chi connectivity index (χ3n) is 3.78. The molecule has 5 atom stereocenters. The highest BCUT2D eigenvalue weighted by molar-refractivity contribution is 7.71. The lowest BCUT2D eigenvalue weighted by atomic mass is 10.2. The van der Waals surface area contributed by atoms with Crippen molar-refractivity contribution in [2.75, 3.05) is 12.3 Å². The number of aromatic amines is 1. The van der Waals surface area contributed by atoms with Crippen LogP contribution in [0, 0.1) is 4.64 Å². The van der Waals surface area contributed by atoms with Gasteiger partial charge in [-0.1, -0.05) is 12.2 Å². The van der Waals surface area contributed by atoms with Crippen LogP contribution >= 0.6 is 35.7 Å². The summed E-state index contributed by atoms with van der Waals surface area (Å²) in [5, 5.41) is 10.1. The van der Waals surface area contributed by atoms with E-state index >= 15 is 0 Å². The normalized spacial score (nSPS) is 26.0. The molecule has 31 heavy (non-hydrogen) atoms. The average molecular weight is 519 g/mol. The molecule has 17 nitrogen and oxygen atoms in total. The van der Waals surface area contributed by atoms with Crippen LogP contribution in [0.15, 0.2) is 6.33 Å². The minimum atomic E-state index is -6.10. The molecule has 0 aliphatic carbocycles. The molecule has 1 aliphatic heterocycles. The molecule has 0 bridgehead atoms. The number of rotatable bonds is 8. The van der Waals surface area contributed by atoms with Gasteiger partial charge in [0.25, 0.3) is 15.6 Å². The molecule has 1 aliphatic rings. The minimum Gasteiger partial charge on any atom is -0.790 e. The number of nitrogens with one attached hydrogen (secondary N) is 1. The largest absolute Gasteiger partial charge is 0.790 e. The SMILES string of the molecule is Nc1nc(=S)c2ncn(C3CC(O)C(COP(=O)([O-])OP(=O)([O-])OP(=O)([O-])[O-])O3)c2[nH]1. The lowest BCUT2D eigenvalue weighted by Gasteiger charge is -2.37. The molecule has 4 N–H and O–H groups in total. The molecule has 21 heteroatoms. The third kappa shape index (κ3) is 6.24. The summed E-state index contributed by atoms with van der Waals surface area (Å²) in [6.45, 7) is -0.919. The molecule has 0 saturated carbocycles. The van der Waals surface area contributed by atoms with Gasteiger partial charge < -0.3 is 49.2 Å². The van der Waals surface area contributed by atoms with Gasteiger partial charge in [-0.15, -0.1) is 0 Å². The maximum atomic E-state index is 11.6. The van der Waals surface area contributed by atoms with E-state index in [2.05, 4.69) is 28.1 Å². The smallest absolute Gasteiger partial charge is 0.278 e. The Morgan fingerprint density at radius 1 is 1.29 bits per heavy atom. The van der Waals surface area contributed by atoms with Gasteiger partial charge in [-0.05, 0) is 0 Å². The Bertz CT molecular complexity index is 1180. The van der Waals surface area contributed by atoms with Crippen molar-refractivity contribution in [3.63, 3.8) is 0 Å². The number of hydrogen-bond acceptors (Lipinski definition) is 16. The number of phosphoric acid groups is 3. The Morgan fingerprint density at radius 2 is 1.97 bits per heavy atom. The van der Waals surface area contributed by atoms with E-state index in [1.165, 1.54) is 10.9 Å². The summed E-state index contributed by atoms with van der Waals surface area (Å²) < 4.78 is 50.9. The van der Waals surface area contributed by atoms with Gasteiger partial charge in [-0.3, -0.25) is 18.0 Å². The first-order valence-electron chi connectivity index (χ1n) is 7.93. The summed E-state index contributed by atoms with van der Waals surface area (Å²) in [5.74, 6) is -0.00733. The standard InChI is InChI=1S/C10H16N5O12P3S/c11-10-13-8-7(9(31)14-10)12-3-15(8)6-1-4(16)5(25-6)2-24-29(20,21)27-30(22,23)26-28(17,18)19/h3-6,16H,1-2H2,(H,20,21)(H,22,23)(H2,17,18,19)(H3,11,13,14,31)/p-4. The van der Waals surface area contributed by atoms with Crippen LogP contribution in [0.1, 0.15) is 12.6 Å². The predicted octanol–water partition coefficient (Wildman–Crippen LogP) is -2.47. The number of fused-ring (bicyclic) bond motifs is 1. The number of aliphatic hydroxyl groups excluding tert-OH is 1. The zero-order chi connectivity index (χ0) is 23.2. The average Bonchev–Trinajstić information content (AvgIpc) is 3.13. The van der Waals surface area contributed by atoms with E-state index < -0.39 is 48.5 Å². The topological polar surface area (TPSA) is 273 Å². The number of aliphatic hydroxyl groups is 1. The second-order valence-corrected chi connectivity index (χ2v) is 10.6. The predicted molar refractivity (Wildman–Crippen MR) is 92.6 cm³/mol. The molecule has 3 heterocycles. The van der Waals surface area contributed by atoms with Crippen LogP contribution in [-0.4, -0.2) is 43.4 Å². The molecule has 174 valence electrons. The number of hydrogen-bond donors (Lipinski definition) is 3. The van der Waals surface area contributed by atoms with Crippen molar-refractivity contribution in [1.82, 2.24) is 19.5 Å². The second-order valence-electron chi connectivity index (χ2n) is 6.01. The van der Waals surface area contributed by atoms with Crippen LogP contribution in [0.3, 0.4) is 0 Å². The summed E-state index contributed by atoms with van der Waals surface area (Å²) in [4.78, 5) is 54.0. The summed E-state index contributed by atoms with van der Waals surface area (Å²) >= 11 is 5.04. The van der Waals surface area contributed by atoms with Crippen LogP contribution in [0.5, 0.6) is 0 Å². The number of imidazole rings is 1. The third-order valence-corrected chi connectivity index (χ3v) is 7.73. The first-order valence-corrected chi connectivity index (χ1v) is 12.7. The van der Waals surface area contributed by atoms with E-state index in [9.17, 15) is 38.4 Å². The minimum absolute atomic E-state index is 0.00733. The van der Waals surface area contributed by atoms with Crippen LogP contribution in [0.25, 0.3) is 11.2 Å². The molecule has 0 spiro atoms. The molecule has 5 unspecified atom stereocenters. The van der Waals surface area contributed by atoms with Gasteiger partial charge in [0.15, 0.2) is 10.6 Å². The number of nitrogens with two attached hydrogens (primary N) is 1. The summed E-state index contributed by atoms with van der Waals surface area (Å²) in [6.07, 6.45) is -2.19. The van der Waals surface area contributed by atoms with Crippen LogP contribution in [-0.2, 0) is 31.6 Å². The molecule has 0 radical (unpaired) electrons. The monoisotopic (exact) mass is 519 g/mol. The van der Waals surface area contributed by atoms with E-state index in [0.717, 1.165) is 0 Å². The number of phosphoric ester groups is 1. The van der Waals surface area contributed by atoms with Crippen molar-refractivity contribution in [3.05, 3.63) is 11.0 Å². The molecule has 2 aromatic heterocycles. The zero-order valence-corrected chi connectivity index (χ0v) is 18.3. The highest BCUT2D eigenvalue weighted by Gasteiger charge is 2.37. The first kappa shape index (κ1) is 24.5. The van der Waals surface area contributed by atoms with Crippen molar-refractivity contribution < 1.29 is 56.3 Å². The molecular formula is C10H12N5O12P3S-4. The van der Waals surface area contributed by atoms with Gasteiger partial charge in [0, 0.05) is 6.42 Å². The fourth-order valence-corrected chi connectivity index (χ4v) is 5.77. The van der Waals surface area contributed by atoms with E-state index in [4.69, 9.17) is 22.7 Å². The van der Waals surface area contributed by atoms with E-state index in [1.54, 1.807) is 0 Å². The van der Waals surface area contributed by atoms with Crippen LogP contribution in [0.4, 0.5) is 5.95 Å². The summed E-state index contributed by atoms with van der Waals surface area (Å²) in [6, 6.07) is 0. The quantitative estimate of drug-likeness (QED) is 0.241. The van der Waals surface area contributed by atoms with Gasteiger partial charge in [-0.2, -0.15) is 0 Å².